The van der Waals surface area contributed by atoms with Crippen molar-refractivity contribution in [2.24, 2.45) is 0 Å². The first kappa shape index (κ1) is 17.0. The van der Waals surface area contributed by atoms with E-state index in [-0.39, 0.29) is 4.08 Å². The van der Waals surface area contributed by atoms with Crippen LogP contribution in [0.25, 0.3) is 0 Å². The van der Waals surface area contributed by atoms with Crippen molar-refractivity contribution >= 4 is 23.5 Å². The zero-order valence-electron chi connectivity index (χ0n) is 14.1. The Morgan fingerprint density at radius 3 is 2.65 bits per heavy atom. The van der Waals surface area contributed by atoms with Crippen molar-refractivity contribution in [1.82, 2.24) is 9.55 Å². The molecule has 0 amide bonds. The van der Waals surface area contributed by atoms with Gasteiger partial charge in [0.25, 0.3) is 0 Å². The fraction of sp³-hybridized carbons (Fsp3) is 0.526. The highest BCUT2D eigenvalue weighted by Gasteiger charge is 2.37. The van der Waals surface area contributed by atoms with Gasteiger partial charge in [-0.25, -0.2) is 4.98 Å². The SMILES string of the molecule is CCc1ccc(CC2(Cn3ccnc3)SCCC(CC)S2)cc1. The summed E-state index contributed by atoms with van der Waals surface area (Å²) >= 11 is 4.34. The second kappa shape index (κ2) is 7.80. The van der Waals surface area contributed by atoms with Gasteiger partial charge < -0.3 is 4.57 Å². The monoisotopic (exact) mass is 346 g/mol. The molecule has 1 aromatic carbocycles. The van der Waals surface area contributed by atoms with Gasteiger partial charge in [-0.15, -0.1) is 23.5 Å². The van der Waals surface area contributed by atoms with Gasteiger partial charge in [0.15, 0.2) is 0 Å². The predicted molar refractivity (Wildman–Crippen MR) is 103 cm³/mol. The van der Waals surface area contributed by atoms with Gasteiger partial charge in [0.05, 0.1) is 10.4 Å². The van der Waals surface area contributed by atoms with Gasteiger partial charge in [0.2, 0.25) is 0 Å². The van der Waals surface area contributed by atoms with Gasteiger partial charge in [-0.2, -0.15) is 0 Å². The molecule has 2 heterocycles. The minimum atomic E-state index is 0.230. The predicted octanol–water partition coefficient (Wildman–Crippen LogP) is 5.03. The van der Waals surface area contributed by atoms with Crippen LogP contribution < -0.4 is 0 Å². The smallest absolute Gasteiger partial charge is 0.0946 e. The van der Waals surface area contributed by atoms with Gasteiger partial charge in [0, 0.05) is 24.2 Å². The van der Waals surface area contributed by atoms with Crippen molar-refractivity contribution in [1.29, 1.82) is 0 Å². The Kier molecular flexibility index (Phi) is 5.76. The van der Waals surface area contributed by atoms with Gasteiger partial charge in [-0.3, -0.25) is 0 Å². The van der Waals surface area contributed by atoms with Gasteiger partial charge in [-0.1, -0.05) is 38.1 Å². The largest absolute Gasteiger partial charge is 0.335 e. The second-order valence-electron chi connectivity index (χ2n) is 6.28. The molecule has 0 bridgehead atoms. The van der Waals surface area contributed by atoms with E-state index in [1.54, 1.807) is 0 Å². The normalized spacial score (nSPS) is 24.7. The van der Waals surface area contributed by atoms with Gasteiger partial charge >= 0.3 is 0 Å². The van der Waals surface area contributed by atoms with Crippen LogP contribution >= 0.6 is 23.5 Å². The first-order chi connectivity index (χ1) is 11.2. The molecule has 0 spiro atoms. The molecule has 2 atom stereocenters. The Hall–Kier alpha value is -0.870. The lowest BCUT2D eigenvalue weighted by molar-refractivity contribution is 0.608. The molecule has 2 unspecified atom stereocenters. The number of thioether (sulfide) groups is 2. The Morgan fingerprint density at radius 1 is 1.22 bits per heavy atom. The molecule has 4 heteroatoms. The van der Waals surface area contributed by atoms with Crippen LogP contribution in [0.5, 0.6) is 0 Å². The van der Waals surface area contributed by atoms with E-state index in [4.69, 9.17) is 0 Å². The molecule has 1 saturated heterocycles. The number of aryl methyl sites for hydroxylation is 1. The molecule has 3 rings (SSSR count). The lowest BCUT2D eigenvalue weighted by Crippen LogP contribution is -2.35. The maximum Gasteiger partial charge on any atom is 0.0946 e. The van der Waals surface area contributed by atoms with Crippen LogP contribution in [0.4, 0.5) is 0 Å². The van der Waals surface area contributed by atoms with E-state index < -0.39 is 0 Å². The molecule has 124 valence electrons. The lowest BCUT2D eigenvalue weighted by Gasteiger charge is -2.40. The van der Waals surface area contributed by atoms with E-state index >= 15 is 0 Å². The molecule has 2 nitrogen and oxygen atoms in total. The summed E-state index contributed by atoms with van der Waals surface area (Å²) in [4.78, 5) is 4.23. The summed E-state index contributed by atoms with van der Waals surface area (Å²) in [6, 6.07) is 9.22. The van der Waals surface area contributed by atoms with Crippen molar-refractivity contribution < 1.29 is 0 Å². The maximum atomic E-state index is 4.23. The van der Waals surface area contributed by atoms with Gasteiger partial charge in [-0.05, 0) is 42.6 Å². The van der Waals surface area contributed by atoms with Crippen LogP contribution in [0, 0.1) is 0 Å². The Labute approximate surface area is 148 Å². The average Bonchev–Trinajstić information content (AvgIpc) is 3.08. The van der Waals surface area contributed by atoms with Crippen LogP contribution in [0.1, 0.15) is 37.8 Å². The fourth-order valence-corrected chi connectivity index (χ4v) is 7.00. The summed E-state index contributed by atoms with van der Waals surface area (Å²) in [5.74, 6) is 1.27. The van der Waals surface area contributed by atoms with Crippen LogP contribution in [0.2, 0.25) is 0 Å². The highest BCUT2D eigenvalue weighted by Crippen LogP contribution is 2.49. The number of aromatic nitrogens is 2. The summed E-state index contributed by atoms with van der Waals surface area (Å²) in [5, 5.41) is 0.787. The molecular formula is C19H26N2S2. The lowest BCUT2D eigenvalue weighted by atomic mass is 10.1. The molecule has 23 heavy (non-hydrogen) atoms. The number of benzene rings is 1. The zero-order chi connectivity index (χ0) is 16.1. The van der Waals surface area contributed by atoms with E-state index in [2.05, 4.69) is 77.4 Å². The third-order valence-corrected chi connectivity index (χ3v) is 8.02. The fourth-order valence-electron chi connectivity index (χ4n) is 3.15. The number of imidazole rings is 1. The van der Waals surface area contributed by atoms with Crippen LogP contribution in [0.3, 0.4) is 0 Å². The number of hydrogen-bond donors (Lipinski definition) is 0. The molecule has 1 aliphatic heterocycles. The standard InChI is InChI=1S/C19H26N2S2/c1-3-16-5-7-17(8-6-16)13-19(14-21-11-10-20-15-21)22-12-9-18(4-2)23-19/h5-8,10-11,15,18H,3-4,9,12-14H2,1-2H3. The number of hydrogen-bond acceptors (Lipinski definition) is 3. The van der Waals surface area contributed by atoms with Crippen LogP contribution in [-0.2, 0) is 19.4 Å². The zero-order valence-corrected chi connectivity index (χ0v) is 15.7. The Balaban J connectivity index is 1.81. The summed E-state index contributed by atoms with van der Waals surface area (Å²) in [6.45, 7) is 5.58. The minimum Gasteiger partial charge on any atom is -0.335 e. The van der Waals surface area contributed by atoms with Crippen LogP contribution in [-0.4, -0.2) is 24.6 Å². The topological polar surface area (TPSA) is 17.8 Å². The second-order valence-corrected chi connectivity index (χ2v) is 9.70. The summed E-state index contributed by atoms with van der Waals surface area (Å²) in [5.41, 5.74) is 2.88. The maximum absolute atomic E-state index is 4.23. The van der Waals surface area contributed by atoms with Crippen molar-refractivity contribution in [2.45, 2.75) is 55.4 Å². The van der Waals surface area contributed by atoms with E-state index in [0.717, 1.165) is 24.6 Å². The summed E-state index contributed by atoms with van der Waals surface area (Å²) < 4.78 is 2.48. The van der Waals surface area contributed by atoms with Crippen LogP contribution in [0.15, 0.2) is 43.0 Å². The highest BCUT2D eigenvalue weighted by atomic mass is 32.2. The van der Waals surface area contributed by atoms with Crippen molar-refractivity contribution in [2.75, 3.05) is 5.75 Å². The van der Waals surface area contributed by atoms with Crippen molar-refractivity contribution in [3.8, 4) is 0 Å². The minimum absolute atomic E-state index is 0.230. The summed E-state index contributed by atoms with van der Waals surface area (Å²) in [7, 11) is 0. The quantitative estimate of drug-likeness (QED) is 0.730. The van der Waals surface area contributed by atoms with E-state index in [1.165, 1.54) is 29.7 Å². The Morgan fingerprint density at radius 2 is 2.00 bits per heavy atom. The van der Waals surface area contributed by atoms with E-state index in [0.29, 0.717) is 0 Å². The molecule has 1 fully saturated rings. The van der Waals surface area contributed by atoms with Crippen molar-refractivity contribution in [3.63, 3.8) is 0 Å². The number of rotatable bonds is 6. The molecule has 2 aromatic rings. The molecule has 0 saturated carbocycles. The molecule has 1 aliphatic rings. The average molecular weight is 347 g/mol. The molecule has 0 aliphatic carbocycles. The third-order valence-electron chi connectivity index (χ3n) is 4.53. The van der Waals surface area contributed by atoms with E-state index in [1.807, 2.05) is 12.5 Å². The van der Waals surface area contributed by atoms with Crippen molar-refractivity contribution in [3.05, 3.63) is 54.1 Å². The first-order valence-corrected chi connectivity index (χ1v) is 10.4. The third kappa shape index (κ3) is 4.36. The molecule has 1 aromatic heterocycles. The molecular weight excluding hydrogens is 320 g/mol. The summed E-state index contributed by atoms with van der Waals surface area (Å²) in [6.07, 6.45) is 10.8. The Bertz CT molecular complexity index is 594. The first-order valence-electron chi connectivity index (χ1n) is 8.58. The van der Waals surface area contributed by atoms with E-state index in [9.17, 15) is 0 Å². The molecule has 0 radical (unpaired) electrons. The molecule has 0 N–H and O–H groups in total. The van der Waals surface area contributed by atoms with Gasteiger partial charge in [0.1, 0.15) is 0 Å². The highest BCUT2D eigenvalue weighted by molar-refractivity contribution is 8.19. The number of nitrogens with zero attached hydrogens (tertiary/aromatic N) is 2.